The van der Waals surface area contributed by atoms with Crippen LogP contribution in [0.3, 0.4) is 0 Å². The molecule has 0 spiro atoms. The van der Waals surface area contributed by atoms with Crippen molar-refractivity contribution < 1.29 is 0 Å². The summed E-state index contributed by atoms with van der Waals surface area (Å²) >= 11 is 1.66. The molecule has 0 amide bonds. The number of hydrogen-bond acceptors (Lipinski definition) is 3. The molecule has 0 bridgehead atoms. The summed E-state index contributed by atoms with van der Waals surface area (Å²) in [6, 6.07) is 4.07. The Labute approximate surface area is 71.6 Å². The summed E-state index contributed by atoms with van der Waals surface area (Å²) in [7, 11) is 4.05. The zero-order valence-electron chi connectivity index (χ0n) is 7.03. The molecule has 0 unspecified atom stereocenters. The summed E-state index contributed by atoms with van der Waals surface area (Å²) in [5.74, 6) is 0. The molecule has 0 aliphatic rings. The zero-order valence-corrected chi connectivity index (χ0v) is 7.85. The third-order valence-electron chi connectivity index (χ3n) is 1.44. The second-order valence-corrected chi connectivity index (χ2v) is 3.28. The molecule has 1 heterocycles. The van der Waals surface area contributed by atoms with E-state index in [1.807, 2.05) is 32.6 Å². The molecule has 3 heteroatoms. The Hall–Kier alpha value is -0.700. The van der Waals surface area contributed by atoms with Crippen molar-refractivity contribution in [1.82, 2.24) is 4.98 Å². The predicted octanol–water partition coefficient (Wildman–Crippen LogP) is 1.87. The van der Waals surface area contributed by atoms with Gasteiger partial charge in [-0.25, -0.2) is 4.98 Å². The van der Waals surface area contributed by atoms with Crippen molar-refractivity contribution in [2.45, 2.75) is 5.03 Å². The van der Waals surface area contributed by atoms with Gasteiger partial charge >= 0.3 is 0 Å². The lowest BCUT2D eigenvalue weighted by Crippen LogP contribution is -2.08. The maximum Gasteiger partial charge on any atom is 0.0977 e. The molecule has 0 saturated carbocycles. The van der Waals surface area contributed by atoms with E-state index < -0.39 is 0 Å². The smallest absolute Gasteiger partial charge is 0.0977 e. The fraction of sp³-hybridized carbons (Fsp3) is 0.375. The first-order valence-corrected chi connectivity index (χ1v) is 4.64. The lowest BCUT2D eigenvalue weighted by molar-refractivity contribution is 1.07. The Kier molecular flexibility index (Phi) is 2.76. The maximum atomic E-state index is 4.18. The van der Waals surface area contributed by atoms with Crippen LogP contribution in [0, 0.1) is 0 Å². The fourth-order valence-electron chi connectivity index (χ4n) is 0.789. The zero-order chi connectivity index (χ0) is 8.27. The van der Waals surface area contributed by atoms with Gasteiger partial charge < -0.3 is 4.90 Å². The number of anilines is 1. The van der Waals surface area contributed by atoms with Crippen molar-refractivity contribution >= 4 is 17.4 Å². The minimum absolute atomic E-state index is 1.07. The van der Waals surface area contributed by atoms with Crippen molar-refractivity contribution in [3.63, 3.8) is 0 Å². The van der Waals surface area contributed by atoms with Crippen molar-refractivity contribution in [3.8, 4) is 0 Å². The SMILES string of the molecule is CSc1cc(N(C)C)ccn1. The quantitative estimate of drug-likeness (QED) is 0.627. The lowest BCUT2D eigenvalue weighted by atomic mass is 10.4. The van der Waals surface area contributed by atoms with Gasteiger partial charge in [0.05, 0.1) is 5.03 Å². The second kappa shape index (κ2) is 3.62. The van der Waals surface area contributed by atoms with Gasteiger partial charge in [-0.15, -0.1) is 11.8 Å². The van der Waals surface area contributed by atoms with Gasteiger partial charge in [-0.1, -0.05) is 0 Å². The van der Waals surface area contributed by atoms with Crippen molar-refractivity contribution in [1.29, 1.82) is 0 Å². The molecular formula is C8H12N2S. The van der Waals surface area contributed by atoms with Gasteiger partial charge in [-0.3, -0.25) is 0 Å². The number of thioether (sulfide) groups is 1. The summed E-state index contributed by atoms with van der Waals surface area (Å²) in [5, 5.41) is 1.07. The van der Waals surface area contributed by atoms with Crippen molar-refractivity contribution in [3.05, 3.63) is 18.3 Å². The Balaban J connectivity index is 2.91. The van der Waals surface area contributed by atoms with Crippen LogP contribution in [0.1, 0.15) is 0 Å². The molecule has 0 aliphatic heterocycles. The van der Waals surface area contributed by atoms with Crippen LogP contribution in [0.4, 0.5) is 5.69 Å². The number of aromatic nitrogens is 1. The Morgan fingerprint density at radius 3 is 2.73 bits per heavy atom. The van der Waals surface area contributed by atoms with Crippen molar-refractivity contribution in [2.75, 3.05) is 25.3 Å². The molecule has 0 N–H and O–H groups in total. The standard InChI is InChI=1S/C8H12N2S/c1-10(2)7-4-5-9-8(6-7)11-3/h4-6H,1-3H3. The van der Waals surface area contributed by atoms with Gasteiger partial charge in [-0.2, -0.15) is 0 Å². The Morgan fingerprint density at radius 1 is 1.45 bits per heavy atom. The number of hydrogen-bond donors (Lipinski definition) is 0. The third kappa shape index (κ3) is 2.12. The largest absolute Gasteiger partial charge is 0.378 e. The first-order chi connectivity index (χ1) is 5.24. The van der Waals surface area contributed by atoms with Crippen LogP contribution in [0.5, 0.6) is 0 Å². The highest BCUT2D eigenvalue weighted by atomic mass is 32.2. The molecule has 11 heavy (non-hydrogen) atoms. The molecule has 1 aromatic rings. The first kappa shape index (κ1) is 8.40. The molecule has 2 nitrogen and oxygen atoms in total. The third-order valence-corrected chi connectivity index (χ3v) is 2.09. The topological polar surface area (TPSA) is 16.1 Å². The molecule has 0 fully saturated rings. The molecule has 0 aromatic carbocycles. The van der Waals surface area contributed by atoms with Gasteiger partial charge in [0.2, 0.25) is 0 Å². The lowest BCUT2D eigenvalue weighted by Gasteiger charge is -2.11. The number of pyridine rings is 1. The highest BCUT2D eigenvalue weighted by molar-refractivity contribution is 7.98. The Morgan fingerprint density at radius 2 is 2.18 bits per heavy atom. The second-order valence-electron chi connectivity index (χ2n) is 2.45. The highest BCUT2D eigenvalue weighted by Gasteiger charge is 1.95. The van der Waals surface area contributed by atoms with E-state index in [0.717, 1.165) is 5.03 Å². The normalized spacial score (nSPS) is 9.73. The van der Waals surface area contributed by atoms with Crippen LogP contribution < -0.4 is 4.90 Å². The summed E-state index contributed by atoms with van der Waals surface area (Å²) in [6.45, 7) is 0. The van der Waals surface area contributed by atoms with Crippen LogP contribution in [0.15, 0.2) is 23.4 Å². The van der Waals surface area contributed by atoms with E-state index in [9.17, 15) is 0 Å². The van der Waals surface area contributed by atoms with E-state index in [1.54, 1.807) is 11.8 Å². The summed E-state index contributed by atoms with van der Waals surface area (Å²) in [4.78, 5) is 6.25. The average molecular weight is 168 g/mol. The maximum absolute atomic E-state index is 4.18. The highest BCUT2D eigenvalue weighted by Crippen LogP contribution is 2.17. The molecule has 0 atom stereocenters. The van der Waals surface area contributed by atoms with Gasteiger partial charge in [0.25, 0.3) is 0 Å². The summed E-state index contributed by atoms with van der Waals surface area (Å²) in [6.07, 6.45) is 3.86. The van der Waals surface area contributed by atoms with Crippen LogP contribution in [-0.4, -0.2) is 25.3 Å². The monoisotopic (exact) mass is 168 g/mol. The van der Waals surface area contributed by atoms with Gasteiger partial charge in [-0.05, 0) is 18.4 Å². The number of rotatable bonds is 2. The van der Waals surface area contributed by atoms with Crippen molar-refractivity contribution in [2.24, 2.45) is 0 Å². The Bertz CT molecular complexity index is 235. The molecule has 0 radical (unpaired) electrons. The van der Waals surface area contributed by atoms with E-state index in [2.05, 4.69) is 16.0 Å². The van der Waals surface area contributed by atoms with Crippen LogP contribution in [0.25, 0.3) is 0 Å². The van der Waals surface area contributed by atoms with Gasteiger partial charge in [0.15, 0.2) is 0 Å². The first-order valence-electron chi connectivity index (χ1n) is 3.41. The predicted molar refractivity (Wildman–Crippen MR) is 50.3 cm³/mol. The molecule has 0 saturated heterocycles. The van der Waals surface area contributed by atoms with Crippen LogP contribution in [0.2, 0.25) is 0 Å². The van der Waals surface area contributed by atoms with Gasteiger partial charge in [0.1, 0.15) is 0 Å². The minimum Gasteiger partial charge on any atom is -0.378 e. The van der Waals surface area contributed by atoms with E-state index >= 15 is 0 Å². The van der Waals surface area contributed by atoms with Gasteiger partial charge in [0, 0.05) is 26.0 Å². The number of nitrogens with zero attached hydrogens (tertiary/aromatic N) is 2. The van der Waals surface area contributed by atoms with E-state index in [1.165, 1.54) is 5.69 Å². The molecule has 60 valence electrons. The molecule has 1 aromatic heterocycles. The van der Waals surface area contributed by atoms with E-state index in [4.69, 9.17) is 0 Å². The molecule has 1 rings (SSSR count). The fourth-order valence-corrected chi connectivity index (χ4v) is 1.19. The average Bonchev–Trinajstić information content (AvgIpc) is 2.05. The van der Waals surface area contributed by atoms with Crippen LogP contribution >= 0.6 is 11.8 Å². The van der Waals surface area contributed by atoms with Crippen LogP contribution in [-0.2, 0) is 0 Å². The molecular weight excluding hydrogens is 156 g/mol. The summed E-state index contributed by atoms with van der Waals surface area (Å²) < 4.78 is 0. The minimum atomic E-state index is 1.07. The van der Waals surface area contributed by atoms with E-state index in [0.29, 0.717) is 0 Å². The molecule has 0 aliphatic carbocycles. The van der Waals surface area contributed by atoms with E-state index in [-0.39, 0.29) is 0 Å². The summed E-state index contributed by atoms with van der Waals surface area (Å²) in [5.41, 5.74) is 1.20.